The fourth-order valence-corrected chi connectivity index (χ4v) is 1.36. The van der Waals surface area contributed by atoms with Crippen LogP contribution in [0.25, 0.3) is 0 Å². The number of benzene rings is 1. The van der Waals surface area contributed by atoms with Gasteiger partial charge >= 0.3 is 0 Å². The van der Waals surface area contributed by atoms with Crippen LogP contribution >= 0.6 is 23.2 Å². The van der Waals surface area contributed by atoms with Gasteiger partial charge in [-0.1, -0.05) is 0 Å². The summed E-state index contributed by atoms with van der Waals surface area (Å²) in [5, 5.41) is -3.33. The minimum absolute atomic E-state index is 1.43. The second-order valence-electron chi connectivity index (χ2n) is 2.55. The number of carbonyl (C=O) groups excluding carboxylic acids is 2. The molecular formula is C8Cl2F4O2. The van der Waals surface area contributed by atoms with E-state index < -0.39 is 44.9 Å². The van der Waals surface area contributed by atoms with Crippen LogP contribution in [0.3, 0.4) is 0 Å². The molecule has 0 bridgehead atoms. The first kappa shape index (κ1) is 12.9. The fourth-order valence-electron chi connectivity index (χ4n) is 1.00. The maximum atomic E-state index is 13.0. The molecule has 0 aliphatic rings. The summed E-state index contributed by atoms with van der Waals surface area (Å²) < 4.78 is 51.4. The van der Waals surface area contributed by atoms with Gasteiger partial charge in [0.25, 0.3) is 10.5 Å². The van der Waals surface area contributed by atoms with Gasteiger partial charge in [-0.05, 0) is 23.2 Å². The Morgan fingerprint density at radius 1 is 0.688 bits per heavy atom. The van der Waals surface area contributed by atoms with Gasteiger partial charge in [0.15, 0.2) is 23.3 Å². The first-order valence-corrected chi connectivity index (χ1v) is 4.30. The molecule has 1 aromatic carbocycles. The Hall–Kier alpha value is -1.14. The molecule has 0 atom stereocenters. The number of hydrogen-bond donors (Lipinski definition) is 0. The van der Waals surface area contributed by atoms with E-state index >= 15 is 0 Å². The minimum atomic E-state index is -2.25. The smallest absolute Gasteiger partial charge is 0.256 e. The van der Waals surface area contributed by atoms with E-state index in [9.17, 15) is 27.2 Å². The SMILES string of the molecule is O=C(Cl)c1c(F)c(F)c(F)c(F)c1C(=O)Cl. The molecule has 1 rings (SSSR count). The summed E-state index contributed by atoms with van der Waals surface area (Å²) in [6.07, 6.45) is 0. The lowest BCUT2D eigenvalue weighted by Crippen LogP contribution is -2.13. The average molecular weight is 275 g/mol. The van der Waals surface area contributed by atoms with Crippen LogP contribution in [-0.2, 0) is 0 Å². The molecule has 86 valence electrons. The van der Waals surface area contributed by atoms with E-state index in [1.54, 1.807) is 0 Å². The van der Waals surface area contributed by atoms with Crippen molar-refractivity contribution in [3.05, 3.63) is 34.4 Å². The predicted molar refractivity (Wildman–Crippen MR) is 46.6 cm³/mol. The van der Waals surface area contributed by atoms with Gasteiger partial charge < -0.3 is 0 Å². The van der Waals surface area contributed by atoms with Gasteiger partial charge in [-0.2, -0.15) is 0 Å². The Balaban J connectivity index is 3.83. The molecule has 1 aromatic rings. The Labute approximate surface area is 95.8 Å². The van der Waals surface area contributed by atoms with Gasteiger partial charge in [0.2, 0.25) is 0 Å². The zero-order valence-electron chi connectivity index (χ0n) is 7.08. The highest BCUT2D eigenvalue weighted by atomic mass is 35.5. The molecule has 0 aliphatic carbocycles. The highest BCUT2D eigenvalue weighted by molar-refractivity contribution is 6.72. The molecule has 0 aliphatic heterocycles. The largest absolute Gasteiger partial charge is 0.275 e. The van der Waals surface area contributed by atoms with Crippen LogP contribution in [0.15, 0.2) is 0 Å². The molecule has 0 saturated carbocycles. The normalized spacial score (nSPS) is 10.4. The van der Waals surface area contributed by atoms with Crippen molar-refractivity contribution in [1.29, 1.82) is 0 Å². The lowest BCUT2D eigenvalue weighted by atomic mass is 10.1. The number of halogens is 6. The van der Waals surface area contributed by atoms with Crippen LogP contribution in [-0.4, -0.2) is 10.5 Å². The van der Waals surface area contributed by atoms with Crippen molar-refractivity contribution in [3.63, 3.8) is 0 Å². The summed E-state index contributed by atoms with van der Waals surface area (Å²) in [4.78, 5) is 21.3. The van der Waals surface area contributed by atoms with Crippen LogP contribution in [0.4, 0.5) is 17.6 Å². The zero-order chi connectivity index (χ0) is 12.6. The quantitative estimate of drug-likeness (QED) is 0.360. The monoisotopic (exact) mass is 274 g/mol. The first-order valence-electron chi connectivity index (χ1n) is 3.54. The number of hydrogen-bond acceptors (Lipinski definition) is 2. The third-order valence-corrected chi connectivity index (χ3v) is 2.04. The summed E-state index contributed by atoms with van der Waals surface area (Å²) in [6.45, 7) is 0. The highest BCUT2D eigenvalue weighted by Crippen LogP contribution is 2.26. The predicted octanol–water partition coefficient (Wildman–Crippen LogP) is 3.00. The second kappa shape index (κ2) is 4.39. The van der Waals surface area contributed by atoms with Gasteiger partial charge in [0.1, 0.15) is 0 Å². The summed E-state index contributed by atoms with van der Waals surface area (Å²) in [5.74, 6) is -8.63. The molecule has 0 radical (unpaired) electrons. The zero-order valence-corrected chi connectivity index (χ0v) is 8.60. The Kier molecular flexibility index (Phi) is 3.54. The van der Waals surface area contributed by atoms with E-state index in [1.165, 1.54) is 0 Å². The van der Waals surface area contributed by atoms with Crippen LogP contribution in [0.5, 0.6) is 0 Å². The average Bonchev–Trinajstić information content (AvgIpc) is 2.18. The van der Waals surface area contributed by atoms with Gasteiger partial charge in [-0.3, -0.25) is 9.59 Å². The maximum Gasteiger partial charge on any atom is 0.256 e. The van der Waals surface area contributed by atoms with Crippen molar-refractivity contribution in [3.8, 4) is 0 Å². The van der Waals surface area contributed by atoms with E-state index in [4.69, 9.17) is 23.2 Å². The van der Waals surface area contributed by atoms with E-state index in [0.29, 0.717) is 0 Å². The van der Waals surface area contributed by atoms with E-state index in [1.807, 2.05) is 0 Å². The van der Waals surface area contributed by atoms with Crippen molar-refractivity contribution in [2.75, 3.05) is 0 Å². The molecule has 8 heteroatoms. The summed E-state index contributed by atoms with van der Waals surface area (Å²) in [6, 6.07) is 0. The topological polar surface area (TPSA) is 34.1 Å². The second-order valence-corrected chi connectivity index (χ2v) is 3.24. The van der Waals surface area contributed by atoms with Gasteiger partial charge in [-0.25, -0.2) is 17.6 Å². The third-order valence-electron chi connectivity index (χ3n) is 1.66. The van der Waals surface area contributed by atoms with Gasteiger partial charge in [-0.15, -0.1) is 0 Å². The van der Waals surface area contributed by atoms with Crippen molar-refractivity contribution in [1.82, 2.24) is 0 Å². The highest BCUT2D eigenvalue weighted by Gasteiger charge is 2.31. The molecule has 0 unspecified atom stereocenters. The molecule has 0 amide bonds. The van der Waals surface area contributed by atoms with Crippen LogP contribution in [0.2, 0.25) is 0 Å². The molecule has 0 saturated heterocycles. The standard InChI is InChI=1S/C8Cl2F4O2/c9-7(15)1-2(8(10)16)4(12)6(14)5(13)3(1)11. The Bertz CT molecular complexity index is 457. The molecule has 0 heterocycles. The van der Waals surface area contributed by atoms with Crippen molar-refractivity contribution in [2.24, 2.45) is 0 Å². The van der Waals surface area contributed by atoms with E-state index in [2.05, 4.69) is 0 Å². The fraction of sp³-hybridized carbons (Fsp3) is 0. The van der Waals surface area contributed by atoms with E-state index in [0.717, 1.165) is 0 Å². The Morgan fingerprint density at radius 2 is 0.938 bits per heavy atom. The van der Waals surface area contributed by atoms with Gasteiger partial charge in [0.05, 0.1) is 11.1 Å². The molecular weight excluding hydrogens is 275 g/mol. The van der Waals surface area contributed by atoms with Gasteiger partial charge in [0, 0.05) is 0 Å². The molecule has 0 N–H and O–H groups in total. The third kappa shape index (κ3) is 1.90. The number of rotatable bonds is 2. The summed E-state index contributed by atoms with van der Waals surface area (Å²) in [7, 11) is 0. The molecule has 0 spiro atoms. The first-order chi connectivity index (χ1) is 7.29. The minimum Gasteiger partial charge on any atom is -0.275 e. The molecule has 2 nitrogen and oxygen atoms in total. The molecule has 0 aromatic heterocycles. The Morgan fingerprint density at radius 3 is 1.12 bits per heavy atom. The van der Waals surface area contributed by atoms with Crippen LogP contribution in [0, 0.1) is 23.3 Å². The molecule has 0 fully saturated rings. The maximum absolute atomic E-state index is 13.0. The van der Waals surface area contributed by atoms with Crippen molar-refractivity contribution >= 4 is 33.7 Å². The number of carbonyl (C=O) groups is 2. The molecule has 16 heavy (non-hydrogen) atoms. The van der Waals surface area contributed by atoms with E-state index in [-0.39, 0.29) is 0 Å². The van der Waals surface area contributed by atoms with Crippen molar-refractivity contribution < 1.29 is 27.2 Å². The lowest BCUT2D eigenvalue weighted by Gasteiger charge is -2.06. The summed E-state index contributed by atoms with van der Waals surface area (Å²) in [5.41, 5.74) is -2.86. The summed E-state index contributed by atoms with van der Waals surface area (Å²) >= 11 is 9.62. The lowest BCUT2D eigenvalue weighted by molar-refractivity contribution is 0.104. The van der Waals surface area contributed by atoms with Crippen LogP contribution in [0.1, 0.15) is 20.7 Å². The van der Waals surface area contributed by atoms with Crippen LogP contribution < -0.4 is 0 Å². The van der Waals surface area contributed by atoms with Crippen molar-refractivity contribution in [2.45, 2.75) is 0 Å².